The van der Waals surface area contributed by atoms with E-state index in [2.05, 4.69) is 17.0 Å². The molecule has 0 saturated carbocycles. The first kappa shape index (κ1) is 13.9. The van der Waals surface area contributed by atoms with Crippen LogP contribution < -0.4 is 4.90 Å². The molecular weight excluding hydrogens is 264 g/mol. The van der Waals surface area contributed by atoms with Crippen LogP contribution >= 0.6 is 0 Å². The van der Waals surface area contributed by atoms with Crippen LogP contribution in [-0.4, -0.2) is 29.1 Å². The third kappa shape index (κ3) is 2.46. The molecule has 4 nitrogen and oxygen atoms in total. The van der Waals surface area contributed by atoms with Gasteiger partial charge in [0, 0.05) is 18.5 Å². The maximum atomic E-state index is 11.5. The van der Waals surface area contributed by atoms with Gasteiger partial charge in [0.15, 0.2) is 0 Å². The zero-order valence-electron chi connectivity index (χ0n) is 12.5. The molecule has 0 spiro atoms. The molecule has 1 atom stereocenters. The van der Waals surface area contributed by atoms with Gasteiger partial charge in [-0.2, -0.15) is 0 Å². The number of pyridine rings is 1. The van der Waals surface area contributed by atoms with Gasteiger partial charge in [0.25, 0.3) is 0 Å². The minimum Gasteiger partial charge on any atom is -0.481 e. The summed E-state index contributed by atoms with van der Waals surface area (Å²) in [6, 6.07) is 10.2. The van der Waals surface area contributed by atoms with E-state index in [9.17, 15) is 9.90 Å². The number of hydrogen-bond acceptors (Lipinski definition) is 3. The highest BCUT2D eigenvalue weighted by atomic mass is 16.4. The van der Waals surface area contributed by atoms with Gasteiger partial charge in [0.05, 0.1) is 10.9 Å². The largest absolute Gasteiger partial charge is 0.481 e. The quantitative estimate of drug-likeness (QED) is 0.920. The molecule has 0 aliphatic carbocycles. The van der Waals surface area contributed by atoms with Gasteiger partial charge in [-0.1, -0.05) is 18.2 Å². The SMILES string of the molecule is Cc1cc2ccccc2nc1N1CCCC(C)(C(=O)O)C1. The van der Waals surface area contributed by atoms with Crippen LogP contribution in [0.1, 0.15) is 25.3 Å². The number of hydrogen-bond donors (Lipinski definition) is 1. The lowest BCUT2D eigenvalue weighted by atomic mass is 9.82. The zero-order chi connectivity index (χ0) is 15.0. The van der Waals surface area contributed by atoms with Crippen molar-refractivity contribution in [2.75, 3.05) is 18.0 Å². The molecular formula is C17H20N2O2. The van der Waals surface area contributed by atoms with E-state index in [1.165, 1.54) is 0 Å². The molecule has 1 aliphatic heterocycles. The van der Waals surface area contributed by atoms with Crippen LogP contribution in [0, 0.1) is 12.3 Å². The van der Waals surface area contributed by atoms with E-state index in [4.69, 9.17) is 4.98 Å². The second-order valence-electron chi connectivity index (χ2n) is 6.21. The topological polar surface area (TPSA) is 53.4 Å². The van der Waals surface area contributed by atoms with Crippen LogP contribution in [0.5, 0.6) is 0 Å². The summed E-state index contributed by atoms with van der Waals surface area (Å²) in [6.45, 7) is 5.27. The first-order valence-electron chi connectivity index (χ1n) is 7.34. The normalized spacial score (nSPS) is 22.5. The Balaban J connectivity index is 2.00. The van der Waals surface area contributed by atoms with Crippen molar-refractivity contribution in [2.45, 2.75) is 26.7 Å². The summed E-state index contributed by atoms with van der Waals surface area (Å²) in [4.78, 5) is 18.4. The first-order valence-corrected chi connectivity index (χ1v) is 7.34. The van der Waals surface area contributed by atoms with Crippen molar-refractivity contribution in [3.05, 3.63) is 35.9 Å². The second-order valence-corrected chi connectivity index (χ2v) is 6.21. The van der Waals surface area contributed by atoms with Gasteiger partial charge in [-0.05, 0) is 44.4 Å². The van der Waals surface area contributed by atoms with E-state index in [0.717, 1.165) is 41.7 Å². The second kappa shape index (κ2) is 5.02. The molecule has 0 amide bonds. The fourth-order valence-corrected chi connectivity index (χ4v) is 3.13. The minimum atomic E-state index is -0.717. The number of piperidine rings is 1. The van der Waals surface area contributed by atoms with Gasteiger partial charge in [-0.3, -0.25) is 4.79 Å². The van der Waals surface area contributed by atoms with E-state index in [0.29, 0.717) is 6.54 Å². The molecule has 1 saturated heterocycles. The number of anilines is 1. The summed E-state index contributed by atoms with van der Waals surface area (Å²) >= 11 is 0. The molecule has 4 heteroatoms. The molecule has 1 aliphatic rings. The number of carboxylic acids is 1. The number of aromatic nitrogens is 1. The van der Waals surface area contributed by atoms with Crippen LogP contribution in [0.25, 0.3) is 10.9 Å². The number of carbonyl (C=O) groups is 1. The summed E-state index contributed by atoms with van der Waals surface area (Å²) in [5, 5.41) is 10.6. The Morgan fingerprint density at radius 3 is 2.90 bits per heavy atom. The maximum absolute atomic E-state index is 11.5. The molecule has 0 bridgehead atoms. The van der Waals surface area contributed by atoms with Crippen LogP contribution in [0.4, 0.5) is 5.82 Å². The Kier molecular flexibility index (Phi) is 3.32. The molecule has 1 N–H and O–H groups in total. The van der Waals surface area contributed by atoms with Crippen LogP contribution in [0.15, 0.2) is 30.3 Å². The molecule has 2 aromatic rings. The molecule has 21 heavy (non-hydrogen) atoms. The molecule has 2 heterocycles. The van der Waals surface area contributed by atoms with Gasteiger partial charge in [-0.25, -0.2) is 4.98 Å². The smallest absolute Gasteiger partial charge is 0.311 e. The highest BCUT2D eigenvalue weighted by Gasteiger charge is 2.38. The Morgan fingerprint density at radius 2 is 2.14 bits per heavy atom. The number of fused-ring (bicyclic) bond motifs is 1. The van der Waals surface area contributed by atoms with Crippen molar-refractivity contribution in [3.8, 4) is 0 Å². The number of rotatable bonds is 2. The van der Waals surface area contributed by atoms with Crippen molar-refractivity contribution < 1.29 is 9.90 Å². The van der Waals surface area contributed by atoms with Gasteiger partial charge >= 0.3 is 5.97 Å². The monoisotopic (exact) mass is 284 g/mol. The Morgan fingerprint density at radius 1 is 1.38 bits per heavy atom. The number of carboxylic acid groups (broad SMARTS) is 1. The molecule has 1 aromatic heterocycles. The lowest BCUT2D eigenvalue weighted by Crippen LogP contribution is -2.46. The van der Waals surface area contributed by atoms with Crippen molar-refractivity contribution in [1.82, 2.24) is 4.98 Å². The van der Waals surface area contributed by atoms with Crippen molar-refractivity contribution in [3.63, 3.8) is 0 Å². The Hall–Kier alpha value is -2.10. The molecule has 110 valence electrons. The summed E-state index contributed by atoms with van der Waals surface area (Å²) in [7, 11) is 0. The van der Waals surface area contributed by atoms with Crippen molar-refractivity contribution >= 4 is 22.7 Å². The van der Waals surface area contributed by atoms with Crippen LogP contribution in [0.2, 0.25) is 0 Å². The summed E-state index contributed by atoms with van der Waals surface area (Å²) in [5.41, 5.74) is 1.38. The third-order valence-corrected chi connectivity index (χ3v) is 4.40. The van der Waals surface area contributed by atoms with E-state index in [1.54, 1.807) is 0 Å². The molecule has 3 rings (SSSR count). The average molecular weight is 284 g/mol. The summed E-state index contributed by atoms with van der Waals surface area (Å²) < 4.78 is 0. The van der Waals surface area contributed by atoms with Crippen molar-refractivity contribution in [2.24, 2.45) is 5.41 Å². The average Bonchev–Trinajstić information content (AvgIpc) is 2.46. The molecule has 1 unspecified atom stereocenters. The molecule has 1 fully saturated rings. The number of aliphatic carboxylic acids is 1. The fraction of sp³-hybridized carbons (Fsp3) is 0.412. The third-order valence-electron chi connectivity index (χ3n) is 4.40. The summed E-state index contributed by atoms with van der Waals surface area (Å²) in [5.74, 6) is 0.200. The Bertz CT molecular complexity index is 698. The van der Waals surface area contributed by atoms with E-state index in [-0.39, 0.29) is 0 Å². The van der Waals surface area contributed by atoms with E-state index < -0.39 is 11.4 Å². The number of nitrogens with zero attached hydrogens (tertiary/aromatic N) is 2. The number of aryl methyl sites for hydroxylation is 1. The highest BCUT2D eigenvalue weighted by molar-refractivity contribution is 5.82. The fourth-order valence-electron chi connectivity index (χ4n) is 3.13. The van der Waals surface area contributed by atoms with Gasteiger partial charge in [0.2, 0.25) is 0 Å². The number of benzene rings is 1. The number of para-hydroxylation sites is 1. The first-order chi connectivity index (χ1) is 9.99. The standard InChI is InChI=1S/C17H20N2O2/c1-12-10-13-6-3-4-7-14(13)18-15(12)19-9-5-8-17(2,11-19)16(20)21/h3-4,6-7,10H,5,8-9,11H2,1-2H3,(H,20,21). The van der Waals surface area contributed by atoms with E-state index >= 15 is 0 Å². The van der Waals surface area contributed by atoms with Gasteiger partial charge in [0.1, 0.15) is 5.82 Å². The van der Waals surface area contributed by atoms with Crippen LogP contribution in [0.3, 0.4) is 0 Å². The molecule has 1 aromatic carbocycles. The van der Waals surface area contributed by atoms with Crippen LogP contribution in [-0.2, 0) is 4.79 Å². The minimum absolute atomic E-state index is 0.522. The lowest BCUT2D eigenvalue weighted by molar-refractivity contribution is -0.148. The van der Waals surface area contributed by atoms with Crippen molar-refractivity contribution in [1.29, 1.82) is 0 Å². The van der Waals surface area contributed by atoms with Gasteiger partial charge in [-0.15, -0.1) is 0 Å². The lowest BCUT2D eigenvalue weighted by Gasteiger charge is -2.38. The maximum Gasteiger partial charge on any atom is 0.311 e. The zero-order valence-corrected chi connectivity index (χ0v) is 12.5. The van der Waals surface area contributed by atoms with Gasteiger partial charge < -0.3 is 10.0 Å². The highest BCUT2D eigenvalue weighted by Crippen LogP contribution is 2.33. The predicted molar refractivity (Wildman–Crippen MR) is 83.7 cm³/mol. The Labute approximate surface area is 124 Å². The predicted octanol–water partition coefficient (Wildman–Crippen LogP) is 3.23. The summed E-state index contributed by atoms with van der Waals surface area (Å²) in [6.07, 6.45) is 1.61. The molecule has 0 radical (unpaired) electrons. The van der Waals surface area contributed by atoms with E-state index in [1.807, 2.05) is 32.0 Å².